The molecule has 1 aromatic rings. The average Bonchev–Trinajstić information content (AvgIpc) is 2.17. The molecule has 0 N–H and O–H groups in total. The third-order valence-electron chi connectivity index (χ3n) is 1.69. The predicted molar refractivity (Wildman–Crippen MR) is 51.8 cm³/mol. The first-order valence-electron chi connectivity index (χ1n) is 3.87. The highest BCUT2D eigenvalue weighted by Gasteiger charge is 2.20. The zero-order valence-electron chi connectivity index (χ0n) is 8.11. The molecular formula is C7H9N3O4S. The molecule has 15 heavy (non-hydrogen) atoms. The van der Waals surface area contributed by atoms with Crippen molar-refractivity contribution in [2.24, 2.45) is 0 Å². The van der Waals surface area contributed by atoms with Crippen LogP contribution in [0.25, 0.3) is 0 Å². The standard InChI is InChI=1S/C7H9N3O4S/c1-9(2)15(13,14)7-3-6(10(11)12)4-8-5-7/h3-5H,1-2H3. The number of aromatic nitrogens is 1. The Balaban J connectivity index is 3.29. The van der Waals surface area contributed by atoms with E-state index in [0.717, 1.165) is 22.8 Å². The first-order chi connectivity index (χ1) is 6.85. The molecular weight excluding hydrogens is 222 g/mol. The molecule has 0 fully saturated rings. The maximum absolute atomic E-state index is 11.6. The largest absolute Gasteiger partial charge is 0.288 e. The van der Waals surface area contributed by atoms with Gasteiger partial charge in [-0.05, 0) is 0 Å². The topological polar surface area (TPSA) is 93.4 Å². The van der Waals surface area contributed by atoms with Gasteiger partial charge in [-0.25, -0.2) is 12.7 Å². The number of hydrogen-bond donors (Lipinski definition) is 0. The SMILES string of the molecule is CN(C)S(=O)(=O)c1cncc([N+](=O)[O-])c1. The van der Waals surface area contributed by atoms with E-state index in [1.54, 1.807) is 0 Å². The minimum absolute atomic E-state index is 0.193. The molecule has 0 unspecified atom stereocenters. The summed E-state index contributed by atoms with van der Waals surface area (Å²) in [6.07, 6.45) is 2.07. The normalized spacial score (nSPS) is 11.7. The Hall–Kier alpha value is -1.54. The van der Waals surface area contributed by atoms with Crippen molar-refractivity contribution in [3.05, 3.63) is 28.6 Å². The van der Waals surface area contributed by atoms with E-state index in [1.807, 2.05) is 0 Å². The van der Waals surface area contributed by atoms with E-state index in [1.165, 1.54) is 14.1 Å². The second-order valence-corrected chi connectivity index (χ2v) is 5.08. The molecule has 0 aliphatic carbocycles. The van der Waals surface area contributed by atoms with E-state index >= 15 is 0 Å². The van der Waals surface area contributed by atoms with Gasteiger partial charge in [0.1, 0.15) is 11.1 Å². The van der Waals surface area contributed by atoms with Crippen LogP contribution in [0.15, 0.2) is 23.4 Å². The summed E-state index contributed by atoms with van der Waals surface area (Å²) in [6.45, 7) is 0. The minimum atomic E-state index is -3.67. The Morgan fingerprint density at radius 3 is 2.47 bits per heavy atom. The Morgan fingerprint density at radius 1 is 1.40 bits per heavy atom. The summed E-state index contributed by atoms with van der Waals surface area (Å²) in [7, 11) is -0.984. The number of rotatable bonds is 3. The van der Waals surface area contributed by atoms with Gasteiger partial charge in [-0.2, -0.15) is 0 Å². The van der Waals surface area contributed by atoms with Gasteiger partial charge in [-0.3, -0.25) is 15.1 Å². The molecule has 1 aromatic heterocycles. The summed E-state index contributed by atoms with van der Waals surface area (Å²) >= 11 is 0. The quantitative estimate of drug-likeness (QED) is 0.548. The molecule has 1 rings (SSSR count). The van der Waals surface area contributed by atoms with Crippen LogP contribution < -0.4 is 0 Å². The fourth-order valence-corrected chi connectivity index (χ4v) is 1.74. The van der Waals surface area contributed by atoms with E-state index < -0.39 is 14.9 Å². The van der Waals surface area contributed by atoms with E-state index in [0.29, 0.717) is 0 Å². The summed E-state index contributed by atoms with van der Waals surface area (Å²) < 4.78 is 24.1. The second-order valence-electron chi connectivity index (χ2n) is 2.92. The number of sulfonamides is 1. The lowest BCUT2D eigenvalue weighted by Gasteiger charge is -2.09. The van der Waals surface area contributed by atoms with Crippen molar-refractivity contribution >= 4 is 15.7 Å². The van der Waals surface area contributed by atoms with Crippen LogP contribution in [0.3, 0.4) is 0 Å². The third kappa shape index (κ3) is 2.28. The van der Waals surface area contributed by atoms with Crippen molar-refractivity contribution in [3.8, 4) is 0 Å². The molecule has 0 spiro atoms. The molecule has 0 aromatic carbocycles. The van der Waals surface area contributed by atoms with Gasteiger partial charge >= 0.3 is 0 Å². The van der Waals surface area contributed by atoms with Gasteiger partial charge in [0, 0.05) is 26.4 Å². The maximum atomic E-state index is 11.6. The molecule has 0 aliphatic rings. The first-order valence-corrected chi connectivity index (χ1v) is 5.31. The molecule has 7 nitrogen and oxygen atoms in total. The van der Waals surface area contributed by atoms with E-state index in [-0.39, 0.29) is 10.6 Å². The molecule has 1 heterocycles. The highest BCUT2D eigenvalue weighted by Crippen LogP contribution is 2.17. The number of hydrogen-bond acceptors (Lipinski definition) is 5. The van der Waals surface area contributed by atoms with Crippen LogP contribution in [0.1, 0.15) is 0 Å². The molecule has 82 valence electrons. The lowest BCUT2D eigenvalue weighted by molar-refractivity contribution is -0.385. The van der Waals surface area contributed by atoms with Gasteiger partial charge in [0.15, 0.2) is 0 Å². The lowest BCUT2D eigenvalue weighted by Crippen LogP contribution is -2.22. The highest BCUT2D eigenvalue weighted by atomic mass is 32.2. The van der Waals surface area contributed by atoms with Crippen molar-refractivity contribution in [1.29, 1.82) is 0 Å². The van der Waals surface area contributed by atoms with Gasteiger partial charge in [0.05, 0.1) is 4.92 Å². The van der Waals surface area contributed by atoms with Crippen LogP contribution >= 0.6 is 0 Å². The van der Waals surface area contributed by atoms with E-state index in [2.05, 4.69) is 4.98 Å². The zero-order valence-corrected chi connectivity index (χ0v) is 8.93. The monoisotopic (exact) mass is 231 g/mol. The van der Waals surface area contributed by atoms with Crippen LogP contribution in [0.5, 0.6) is 0 Å². The minimum Gasteiger partial charge on any atom is -0.258 e. The summed E-state index contributed by atoms with van der Waals surface area (Å²) in [5.41, 5.74) is -0.349. The number of nitro groups is 1. The van der Waals surface area contributed by atoms with E-state index in [4.69, 9.17) is 0 Å². The van der Waals surface area contributed by atoms with Crippen molar-refractivity contribution in [1.82, 2.24) is 9.29 Å². The Morgan fingerprint density at radius 2 is 2.00 bits per heavy atom. The molecule has 0 radical (unpaired) electrons. The van der Waals surface area contributed by atoms with Crippen molar-refractivity contribution in [3.63, 3.8) is 0 Å². The number of nitrogens with zero attached hydrogens (tertiary/aromatic N) is 3. The molecule has 8 heteroatoms. The first kappa shape index (κ1) is 11.5. The molecule has 0 saturated carbocycles. The van der Waals surface area contributed by atoms with Crippen LogP contribution in [0.4, 0.5) is 5.69 Å². The Kier molecular flexibility index (Phi) is 3.01. The molecule has 0 aliphatic heterocycles. The number of pyridine rings is 1. The summed E-state index contributed by atoms with van der Waals surface area (Å²) in [6, 6.07) is 0.975. The Labute approximate surface area is 86.6 Å². The van der Waals surface area contributed by atoms with Crippen LogP contribution in [0.2, 0.25) is 0 Å². The van der Waals surface area contributed by atoms with Gasteiger partial charge < -0.3 is 0 Å². The second kappa shape index (κ2) is 3.91. The fraction of sp³-hybridized carbons (Fsp3) is 0.286. The average molecular weight is 231 g/mol. The van der Waals surface area contributed by atoms with Crippen LogP contribution in [-0.4, -0.2) is 36.7 Å². The van der Waals surface area contributed by atoms with Crippen LogP contribution in [0, 0.1) is 10.1 Å². The van der Waals surface area contributed by atoms with Crippen molar-refractivity contribution < 1.29 is 13.3 Å². The Bertz CT molecular complexity index is 483. The highest BCUT2D eigenvalue weighted by molar-refractivity contribution is 7.89. The zero-order chi connectivity index (χ0) is 11.6. The predicted octanol–water partition coefficient (Wildman–Crippen LogP) is 0.240. The summed E-state index contributed by atoms with van der Waals surface area (Å²) in [5, 5.41) is 10.4. The smallest absolute Gasteiger partial charge is 0.258 e. The van der Waals surface area contributed by atoms with Gasteiger partial charge in [0.25, 0.3) is 5.69 Å². The van der Waals surface area contributed by atoms with Gasteiger partial charge in [0.2, 0.25) is 10.0 Å². The van der Waals surface area contributed by atoms with E-state index in [9.17, 15) is 18.5 Å². The molecule has 0 atom stereocenters. The third-order valence-corrected chi connectivity index (χ3v) is 3.47. The van der Waals surface area contributed by atoms with Gasteiger partial charge in [-0.1, -0.05) is 0 Å². The summed E-state index contributed by atoms with van der Waals surface area (Å²) in [5.74, 6) is 0. The molecule has 0 amide bonds. The molecule has 0 bridgehead atoms. The lowest BCUT2D eigenvalue weighted by atomic mass is 10.4. The van der Waals surface area contributed by atoms with Gasteiger partial charge in [-0.15, -0.1) is 0 Å². The van der Waals surface area contributed by atoms with Crippen LogP contribution in [-0.2, 0) is 10.0 Å². The summed E-state index contributed by atoms with van der Waals surface area (Å²) in [4.78, 5) is 13.0. The van der Waals surface area contributed by atoms with Crippen molar-refractivity contribution in [2.45, 2.75) is 4.90 Å². The maximum Gasteiger partial charge on any atom is 0.288 e. The van der Waals surface area contributed by atoms with Crippen molar-refractivity contribution in [2.75, 3.05) is 14.1 Å². The fourth-order valence-electron chi connectivity index (χ4n) is 0.859. The molecule has 0 saturated heterocycles.